The van der Waals surface area contributed by atoms with Gasteiger partial charge in [-0.15, -0.1) is 0 Å². The highest BCUT2D eigenvalue weighted by atomic mass is 16.9. The van der Waals surface area contributed by atoms with E-state index in [9.17, 15) is 0 Å². The van der Waals surface area contributed by atoms with Crippen molar-refractivity contribution >= 4 is 0 Å². The first kappa shape index (κ1) is 26.8. The minimum atomic E-state index is -1.24. The summed E-state index contributed by atoms with van der Waals surface area (Å²) in [6.07, 6.45) is -3.58. The van der Waals surface area contributed by atoms with Crippen molar-refractivity contribution < 1.29 is 52.1 Å². The van der Waals surface area contributed by atoms with Crippen molar-refractivity contribution in [1.29, 1.82) is 0 Å². The molecule has 6 heterocycles. The van der Waals surface area contributed by atoms with E-state index < -0.39 is 71.3 Å². The first-order valence-electron chi connectivity index (χ1n) is 13.3. The zero-order valence-electron chi connectivity index (χ0n) is 23.5. The number of hydrogen-bond acceptors (Lipinski definition) is 11. The SMILES string of the molecule is CC1(C)OC[C@H]([C@H]2O[C@@](C)(O[C@]3(C)O[C@H]([C@H]4COC(C)(C)O4)[C@@H]4OC(C)(C)O[C@@H]43)[C@H]3OC(C)(C)O[C@@H]23)O1. The van der Waals surface area contributed by atoms with Crippen molar-refractivity contribution in [3.05, 3.63) is 0 Å². The summed E-state index contributed by atoms with van der Waals surface area (Å²) < 4.78 is 69.3. The van der Waals surface area contributed by atoms with E-state index in [0.29, 0.717) is 13.2 Å². The summed E-state index contributed by atoms with van der Waals surface area (Å²) in [5.41, 5.74) is 0. The Morgan fingerprint density at radius 1 is 0.432 bits per heavy atom. The molecule has 0 amide bonds. The van der Waals surface area contributed by atoms with Gasteiger partial charge in [0.1, 0.15) is 48.8 Å². The molecule has 6 fully saturated rings. The molecule has 0 radical (unpaired) electrons. The Kier molecular flexibility index (Phi) is 5.84. The predicted octanol–water partition coefficient (Wildman–Crippen LogP) is 2.58. The molecule has 6 saturated heterocycles. The molecule has 6 rings (SSSR count). The van der Waals surface area contributed by atoms with Gasteiger partial charge in [0.15, 0.2) is 34.7 Å². The van der Waals surface area contributed by atoms with Crippen molar-refractivity contribution in [2.24, 2.45) is 0 Å². The summed E-state index contributed by atoms with van der Waals surface area (Å²) >= 11 is 0. The molecule has 6 aliphatic heterocycles. The molecule has 0 aromatic heterocycles. The highest BCUT2D eigenvalue weighted by Gasteiger charge is 2.70. The molecule has 0 aliphatic carbocycles. The fraction of sp³-hybridized carbons (Fsp3) is 1.00. The van der Waals surface area contributed by atoms with Crippen LogP contribution in [0.1, 0.15) is 69.2 Å². The van der Waals surface area contributed by atoms with Crippen molar-refractivity contribution in [2.75, 3.05) is 13.2 Å². The maximum absolute atomic E-state index is 6.80. The van der Waals surface area contributed by atoms with Crippen LogP contribution >= 0.6 is 0 Å². The second kappa shape index (κ2) is 8.07. The molecule has 0 aromatic rings. The monoisotopic (exact) mass is 530 g/mol. The molecule has 10 atom stereocenters. The van der Waals surface area contributed by atoms with Crippen LogP contribution in [-0.2, 0) is 52.1 Å². The van der Waals surface area contributed by atoms with E-state index in [1.165, 1.54) is 0 Å². The molecule has 37 heavy (non-hydrogen) atoms. The lowest BCUT2D eigenvalue weighted by atomic mass is 10.0. The lowest BCUT2D eigenvalue weighted by Crippen LogP contribution is -2.54. The minimum Gasteiger partial charge on any atom is -0.348 e. The van der Waals surface area contributed by atoms with Crippen LogP contribution in [0.5, 0.6) is 0 Å². The topological polar surface area (TPSA) is 102 Å². The van der Waals surface area contributed by atoms with Crippen LogP contribution in [0.3, 0.4) is 0 Å². The Morgan fingerprint density at radius 2 is 0.811 bits per heavy atom. The smallest absolute Gasteiger partial charge is 0.198 e. The molecule has 0 N–H and O–H groups in total. The van der Waals surface area contributed by atoms with Crippen molar-refractivity contribution in [3.8, 4) is 0 Å². The van der Waals surface area contributed by atoms with Gasteiger partial charge in [-0.2, -0.15) is 0 Å². The molecule has 0 saturated carbocycles. The van der Waals surface area contributed by atoms with Gasteiger partial charge in [-0.25, -0.2) is 0 Å². The number of rotatable bonds is 4. The van der Waals surface area contributed by atoms with E-state index in [-0.39, 0.29) is 12.2 Å². The molecule has 11 heteroatoms. The Labute approximate surface area is 218 Å². The molecule has 0 spiro atoms. The Balaban J connectivity index is 1.28. The number of fused-ring (bicyclic) bond motifs is 2. The average Bonchev–Trinajstić information content (AvgIpc) is 3.53. The van der Waals surface area contributed by atoms with Gasteiger partial charge in [0.25, 0.3) is 0 Å². The summed E-state index contributed by atoms with van der Waals surface area (Å²) in [6, 6.07) is 0. The van der Waals surface area contributed by atoms with Gasteiger partial charge >= 0.3 is 0 Å². The Morgan fingerprint density at radius 3 is 1.14 bits per heavy atom. The van der Waals surface area contributed by atoms with Crippen LogP contribution in [0.25, 0.3) is 0 Å². The molecule has 6 aliphatic rings. The van der Waals surface area contributed by atoms with E-state index in [0.717, 1.165) is 0 Å². The molecule has 0 aromatic carbocycles. The maximum atomic E-state index is 6.80. The van der Waals surface area contributed by atoms with E-state index >= 15 is 0 Å². The normalized spacial score (nSPS) is 53.0. The van der Waals surface area contributed by atoms with Crippen LogP contribution in [-0.4, -0.2) is 96.8 Å². The molecular weight excluding hydrogens is 488 g/mol. The van der Waals surface area contributed by atoms with Crippen LogP contribution < -0.4 is 0 Å². The minimum absolute atomic E-state index is 0.348. The van der Waals surface area contributed by atoms with Gasteiger partial charge < -0.3 is 52.1 Å². The zero-order valence-corrected chi connectivity index (χ0v) is 23.5. The lowest BCUT2D eigenvalue weighted by Gasteiger charge is -2.40. The summed E-state index contributed by atoms with van der Waals surface area (Å²) in [5, 5.41) is 0. The zero-order chi connectivity index (χ0) is 26.8. The molecule has 0 unspecified atom stereocenters. The molecule has 0 bridgehead atoms. The van der Waals surface area contributed by atoms with Gasteiger partial charge in [-0.1, -0.05) is 0 Å². The fourth-order valence-electron chi connectivity index (χ4n) is 6.57. The van der Waals surface area contributed by atoms with Gasteiger partial charge in [-0.05, 0) is 69.2 Å². The number of hydrogen-bond donors (Lipinski definition) is 0. The quantitative estimate of drug-likeness (QED) is 0.536. The standard InChI is InChI=1S/C26H42O11/c1-21(2)27-11-13(29-21)15-17-19(35-23(5,6)31-17)25(9,33-15)37-26(10)20-18(32-24(7,8)36-20)16(34-26)14-12-28-22(3,4)30-14/h13-20H,11-12H2,1-10H3/t13-,14-,15-,16-,17+,18+,19+,20+,25+,26+/m1/s1. The first-order valence-corrected chi connectivity index (χ1v) is 13.3. The maximum Gasteiger partial charge on any atom is 0.198 e. The van der Waals surface area contributed by atoms with E-state index in [4.69, 9.17) is 52.1 Å². The third kappa shape index (κ3) is 4.58. The summed E-state index contributed by atoms with van der Waals surface area (Å²) in [6.45, 7) is 19.5. The van der Waals surface area contributed by atoms with Crippen molar-refractivity contribution in [2.45, 2.75) is 153 Å². The van der Waals surface area contributed by atoms with E-state index in [1.54, 1.807) is 0 Å². The predicted molar refractivity (Wildman–Crippen MR) is 125 cm³/mol. The highest BCUT2D eigenvalue weighted by Crippen LogP contribution is 2.53. The van der Waals surface area contributed by atoms with E-state index in [1.807, 2.05) is 69.2 Å². The molecule has 212 valence electrons. The largest absolute Gasteiger partial charge is 0.348 e. The first-order chi connectivity index (χ1) is 16.9. The summed E-state index contributed by atoms with van der Waals surface area (Å²) in [4.78, 5) is 0. The van der Waals surface area contributed by atoms with Gasteiger partial charge in [-0.3, -0.25) is 0 Å². The summed E-state index contributed by atoms with van der Waals surface area (Å²) in [5.74, 6) is -5.55. The Hall–Kier alpha value is -0.440. The van der Waals surface area contributed by atoms with E-state index in [2.05, 4.69) is 0 Å². The Bertz CT molecular complexity index is 848. The third-order valence-corrected chi connectivity index (χ3v) is 7.88. The fourth-order valence-corrected chi connectivity index (χ4v) is 6.57. The van der Waals surface area contributed by atoms with Crippen molar-refractivity contribution in [3.63, 3.8) is 0 Å². The van der Waals surface area contributed by atoms with Crippen LogP contribution in [0.15, 0.2) is 0 Å². The van der Waals surface area contributed by atoms with Gasteiger partial charge in [0.2, 0.25) is 0 Å². The number of ether oxygens (including phenoxy) is 11. The average molecular weight is 531 g/mol. The second-order valence-corrected chi connectivity index (χ2v) is 13.1. The highest BCUT2D eigenvalue weighted by molar-refractivity contribution is 5.09. The van der Waals surface area contributed by atoms with Crippen LogP contribution in [0.2, 0.25) is 0 Å². The molecule has 11 nitrogen and oxygen atoms in total. The molecular formula is C26H42O11. The second-order valence-electron chi connectivity index (χ2n) is 13.1. The van der Waals surface area contributed by atoms with Crippen molar-refractivity contribution in [1.82, 2.24) is 0 Å². The lowest BCUT2D eigenvalue weighted by molar-refractivity contribution is -0.389. The third-order valence-electron chi connectivity index (χ3n) is 7.88. The van der Waals surface area contributed by atoms with Crippen LogP contribution in [0.4, 0.5) is 0 Å². The van der Waals surface area contributed by atoms with Gasteiger partial charge in [0.05, 0.1) is 13.2 Å². The van der Waals surface area contributed by atoms with Gasteiger partial charge in [0, 0.05) is 0 Å². The van der Waals surface area contributed by atoms with Crippen LogP contribution in [0, 0.1) is 0 Å². The summed E-state index contributed by atoms with van der Waals surface area (Å²) in [7, 11) is 0.